The Hall–Kier alpha value is -2.56. The SMILES string of the molecule is Cc1ccc(CCNC(=O)N2CCN(c3ccc(F)cc3)CC2)cc1. The smallest absolute Gasteiger partial charge is 0.317 e. The van der Waals surface area contributed by atoms with Crippen molar-refractivity contribution in [2.24, 2.45) is 0 Å². The second-order valence-electron chi connectivity index (χ2n) is 6.42. The van der Waals surface area contributed by atoms with E-state index in [2.05, 4.69) is 41.4 Å². The monoisotopic (exact) mass is 341 g/mol. The van der Waals surface area contributed by atoms with Gasteiger partial charge in [-0.2, -0.15) is 0 Å². The van der Waals surface area contributed by atoms with Gasteiger partial charge in [-0.05, 0) is 43.2 Å². The Morgan fingerprint density at radius 3 is 2.28 bits per heavy atom. The molecule has 0 unspecified atom stereocenters. The van der Waals surface area contributed by atoms with Crippen molar-refractivity contribution < 1.29 is 9.18 Å². The summed E-state index contributed by atoms with van der Waals surface area (Å²) in [5.74, 6) is -0.227. The van der Waals surface area contributed by atoms with Gasteiger partial charge in [0.25, 0.3) is 0 Å². The van der Waals surface area contributed by atoms with Crippen LogP contribution < -0.4 is 10.2 Å². The Labute approximate surface area is 148 Å². The first-order valence-electron chi connectivity index (χ1n) is 8.71. The average molecular weight is 341 g/mol. The maximum atomic E-state index is 13.0. The summed E-state index contributed by atoms with van der Waals surface area (Å²) >= 11 is 0. The lowest BCUT2D eigenvalue weighted by atomic mass is 10.1. The minimum absolute atomic E-state index is 0.00846. The first-order valence-corrected chi connectivity index (χ1v) is 8.71. The summed E-state index contributed by atoms with van der Waals surface area (Å²) in [6.45, 7) is 5.58. The molecule has 2 aromatic carbocycles. The van der Waals surface area contributed by atoms with E-state index < -0.39 is 0 Å². The van der Waals surface area contributed by atoms with E-state index in [0.29, 0.717) is 19.6 Å². The quantitative estimate of drug-likeness (QED) is 0.927. The zero-order valence-electron chi connectivity index (χ0n) is 14.5. The molecule has 132 valence electrons. The van der Waals surface area contributed by atoms with Gasteiger partial charge < -0.3 is 15.1 Å². The van der Waals surface area contributed by atoms with Gasteiger partial charge in [-0.1, -0.05) is 29.8 Å². The van der Waals surface area contributed by atoms with Crippen molar-refractivity contribution in [3.63, 3.8) is 0 Å². The number of amides is 2. The van der Waals surface area contributed by atoms with E-state index >= 15 is 0 Å². The number of halogens is 1. The number of nitrogens with zero attached hydrogens (tertiary/aromatic N) is 2. The standard InChI is InChI=1S/C20H24FN3O/c1-16-2-4-17(5-3-16)10-11-22-20(25)24-14-12-23(13-15-24)19-8-6-18(21)7-9-19/h2-9H,10-15H2,1H3,(H,22,25). The van der Waals surface area contributed by atoms with Gasteiger partial charge in [0.2, 0.25) is 0 Å². The summed E-state index contributed by atoms with van der Waals surface area (Å²) in [6.07, 6.45) is 0.835. The van der Waals surface area contributed by atoms with Gasteiger partial charge in [-0.3, -0.25) is 0 Å². The molecule has 1 N–H and O–H groups in total. The summed E-state index contributed by atoms with van der Waals surface area (Å²) in [5.41, 5.74) is 3.47. The lowest BCUT2D eigenvalue weighted by molar-refractivity contribution is 0.194. The third-order valence-electron chi connectivity index (χ3n) is 4.57. The number of aryl methyl sites for hydroxylation is 1. The van der Waals surface area contributed by atoms with E-state index in [-0.39, 0.29) is 11.8 Å². The molecule has 0 bridgehead atoms. The van der Waals surface area contributed by atoms with Gasteiger partial charge in [-0.25, -0.2) is 9.18 Å². The van der Waals surface area contributed by atoms with Gasteiger partial charge in [0, 0.05) is 38.4 Å². The number of hydrogen-bond acceptors (Lipinski definition) is 2. The first-order chi connectivity index (χ1) is 12.1. The van der Waals surface area contributed by atoms with Crippen LogP contribution in [-0.2, 0) is 6.42 Å². The minimum atomic E-state index is -0.227. The molecule has 1 saturated heterocycles. The van der Waals surface area contributed by atoms with Crippen molar-refractivity contribution in [3.8, 4) is 0 Å². The number of carbonyl (C=O) groups is 1. The Bertz CT molecular complexity index is 692. The molecule has 4 nitrogen and oxygen atoms in total. The predicted octanol–water partition coefficient (Wildman–Crippen LogP) is 3.21. The lowest BCUT2D eigenvalue weighted by Crippen LogP contribution is -2.52. The molecular weight excluding hydrogens is 317 g/mol. The topological polar surface area (TPSA) is 35.6 Å². The van der Waals surface area contributed by atoms with Crippen LogP contribution in [0.4, 0.5) is 14.9 Å². The molecule has 1 aliphatic heterocycles. The van der Waals surface area contributed by atoms with Crippen molar-refractivity contribution in [1.82, 2.24) is 10.2 Å². The van der Waals surface area contributed by atoms with E-state index in [0.717, 1.165) is 25.2 Å². The van der Waals surface area contributed by atoms with Gasteiger partial charge in [0.05, 0.1) is 0 Å². The maximum Gasteiger partial charge on any atom is 0.317 e. The van der Waals surface area contributed by atoms with Crippen LogP contribution in [0.15, 0.2) is 48.5 Å². The van der Waals surface area contributed by atoms with Crippen LogP contribution in [0.5, 0.6) is 0 Å². The van der Waals surface area contributed by atoms with Crippen molar-refractivity contribution in [2.45, 2.75) is 13.3 Å². The molecular formula is C20H24FN3O. The largest absolute Gasteiger partial charge is 0.368 e. The van der Waals surface area contributed by atoms with E-state index in [9.17, 15) is 9.18 Å². The van der Waals surface area contributed by atoms with Crippen LogP contribution in [0.25, 0.3) is 0 Å². The molecule has 1 fully saturated rings. The van der Waals surface area contributed by atoms with Gasteiger partial charge >= 0.3 is 6.03 Å². The Morgan fingerprint density at radius 2 is 1.64 bits per heavy atom. The molecule has 0 saturated carbocycles. The van der Waals surface area contributed by atoms with Crippen molar-refractivity contribution in [2.75, 3.05) is 37.6 Å². The summed E-state index contributed by atoms with van der Waals surface area (Å²) in [4.78, 5) is 16.3. The number of rotatable bonds is 4. The fourth-order valence-corrected chi connectivity index (χ4v) is 3.00. The fourth-order valence-electron chi connectivity index (χ4n) is 3.00. The molecule has 0 aromatic heterocycles. The third kappa shape index (κ3) is 4.72. The minimum Gasteiger partial charge on any atom is -0.368 e. The predicted molar refractivity (Wildman–Crippen MR) is 98.5 cm³/mol. The number of anilines is 1. The second-order valence-corrected chi connectivity index (χ2v) is 6.42. The van der Waals surface area contributed by atoms with Crippen LogP contribution in [0.1, 0.15) is 11.1 Å². The normalized spacial score (nSPS) is 14.5. The van der Waals surface area contributed by atoms with Crippen LogP contribution in [-0.4, -0.2) is 43.7 Å². The zero-order valence-corrected chi connectivity index (χ0v) is 14.5. The first kappa shape index (κ1) is 17.3. The molecule has 1 heterocycles. The maximum absolute atomic E-state index is 13.0. The Balaban J connectivity index is 1.42. The molecule has 0 spiro atoms. The van der Waals surface area contributed by atoms with Gasteiger partial charge in [0.15, 0.2) is 0 Å². The van der Waals surface area contributed by atoms with Crippen LogP contribution >= 0.6 is 0 Å². The number of piperazine rings is 1. The molecule has 1 aliphatic rings. The Morgan fingerprint density at radius 1 is 1.00 bits per heavy atom. The number of benzene rings is 2. The second kappa shape index (κ2) is 8.01. The molecule has 3 rings (SSSR count). The number of urea groups is 1. The summed E-state index contributed by atoms with van der Waals surface area (Å²) in [6, 6.07) is 14.9. The summed E-state index contributed by atoms with van der Waals surface area (Å²) < 4.78 is 13.0. The molecule has 0 atom stereocenters. The van der Waals surface area contributed by atoms with E-state index in [4.69, 9.17) is 0 Å². The Kier molecular flexibility index (Phi) is 5.53. The van der Waals surface area contributed by atoms with Crippen LogP contribution in [0.3, 0.4) is 0 Å². The van der Waals surface area contributed by atoms with E-state index in [1.807, 2.05) is 4.90 Å². The van der Waals surface area contributed by atoms with Crippen molar-refractivity contribution in [3.05, 3.63) is 65.5 Å². The highest BCUT2D eigenvalue weighted by Crippen LogP contribution is 2.16. The van der Waals surface area contributed by atoms with E-state index in [1.165, 1.54) is 23.3 Å². The molecule has 2 amide bonds. The van der Waals surface area contributed by atoms with Crippen LogP contribution in [0, 0.1) is 12.7 Å². The van der Waals surface area contributed by atoms with Gasteiger partial charge in [-0.15, -0.1) is 0 Å². The number of carbonyl (C=O) groups excluding carboxylic acids is 1. The molecule has 2 aromatic rings. The van der Waals surface area contributed by atoms with Gasteiger partial charge in [0.1, 0.15) is 5.82 Å². The fraction of sp³-hybridized carbons (Fsp3) is 0.350. The molecule has 0 radical (unpaired) electrons. The highest BCUT2D eigenvalue weighted by molar-refractivity contribution is 5.74. The van der Waals surface area contributed by atoms with Crippen LogP contribution in [0.2, 0.25) is 0 Å². The lowest BCUT2D eigenvalue weighted by Gasteiger charge is -2.36. The summed E-state index contributed by atoms with van der Waals surface area (Å²) in [7, 11) is 0. The summed E-state index contributed by atoms with van der Waals surface area (Å²) in [5, 5.41) is 3.00. The molecule has 5 heteroatoms. The molecule has 0 aliphatic carbocycles. The zero-order chi connectivity index (χ0) is 17.6. The third-order valence-corrected chi connectivity index (χ3v) is 4.57. The highest BCUT2D eigenvalue weighted by Gasteiger charge is 2.20. The van der Waals surface area contributed by atoms with Crippen molar-refractivity contribution in [1.29, 1.82) is 0 Å². The number of hydrogen-bond donors (Lipinski definition) is 1. The average Bonchev–Trinajstić information content (AvgIpc) is 2.64. The van der Waals surface area contributed by atoms with Crippen molar-refractivity contribution >= 4 is 11.7 Å². The van der Waals surface area contributed by atoms with E-state index in [1.54, 1.807) is 12.1 Å². The number of nitrogens with one attached hydrogen (secondary N) is 1. The highest BCUT2D eigenvalue weighted by atomic mass is 19.1. The molecule has 25 heavy (non-hydrogen) atoms.